The smallest absolute Gasteiger partial charge is 0.339 e. The van der Waals surface area contributed by atoms with E-state index >= 15 is 0 Å². The van der Waals surface area contributed by atoms with Gasteiger partial charge in [0.25, 0.3) is 0 Å². The van der Waals surface area contributed by atoms with Crippen LogP contribution >= 0.6 is 0 Å². The lowest BCUT2D eigenvalue weighted by Gasteiger charge is -2.07. The summed E-state index contributed by atoms with van der Waals surface area (Å²) < 4.78 is 0. The summed E-state index contributed by atoms with van der Waals surface area (Å²) in [5.41, 5.74) is 0. The zero-order valence-corrected chi connectivity index (χ0v) is 5.17. The number of nitrogens with zero attached hydrogens (tertiary/aromatic N) is 1. The summed E-state index contributed by atoms with van der Waals surface area (Å²) in [4.78, 5) is 8.72. The van der Waals surface area contributed by atoms with Gasteiger partial charge in [0.15, 0.2) is 6.10 Å². The fourth-order valence-corrected chi connectivity index (χ4v) is 0.422. The summed E-state index contributed by atoms with van der Waals surface area (Å²) in [6, 6.07) is 0. The van der Waals surface area contributed by atoms with Crippen LogP contribution in [0.3, 0.4) is 0 Å². The first-order chi connectivity index (χ1) is 4.59. The lowest BCUT2D eigenvalue weighted by molar-refractivity contribution is -0.582. The van der Waals surface area contributed by atoms with Crippen molar-refractivity contribution in [2.45, 2.75) is 18.8 Å². The van der Waals surface area contributed by atoms with Crippen LogP contribution < -0.4 is 0 Å². The molecule has 0 rings (SSSR count). The number of hydrogen-bond donors (Lipinski definition) is 3. The fraction of sp³-hybridized carbons (Fsp3) is 1.00. The Morgan fingerprint density at radius 1 is 1.50 bits per heavy atom. The molecule has 6 nitrogen and oxygen atoms in total. The van der Waals surface area contributed by atoms with Gasteiger partial charge in [-0.2, -0.15) is 0 Å². The zero-order chi connectivity index (χ0) is 8.15. The second-order valence-electron chi connectivity index (χ2n) is 1.78. The number of aliphatic hydroxyl groups is 3. The van der Waals surface area contributed by atoms with Gasteiger partial charge in [-0.25, -0.2) is 0 Å². The average molecular weight is 151 g/mol. The molecule has 0 saturated carbocycles. The topological polar surface area (TPSA) is 104 Å². The first-order valence-electron chi connectivity index (χ1n) is 2.70. The maximum absolute atomic E-state index is 9.73. The summed E-state index contributed by atoms with van der Waals surface area (Å²) in [5, 5.41) is 35.0. The Kier molecular flexibility index (Phi) is 3.85. The summed E-state index contributed by atoms with van der Waals surface area (Å²) in [6.45, 7) is -0.383. The van der Waals surface area contributed by atoms with Crippen molar-refractivity contribution in [3.63, 3.8) is 0 Å². The minimum atomic E-state index is -1.99. The van der Waals surface area contributed by atoms with Crippen LogP contribution in [0.15, 0.2) is 0 Å². The standard InChI is InChI=1S/C4H9NO5/c6-2-1-3(7)4(8)5(9)10/h3-4,6-8H,1-2H2. The van der Waals surface area contributed by atoms with E-state index in [0.29, 0.717) is 0 Å². The van der Waals surface area contributed by atoms with Crippen molar-refractivity contribution < 1.29 is 20.2 Å². The lowest BCUT2D eigenvalue weighted by Crippen LogP contribution is -2.33. The highest BCUT2D eigenvalue weighted by atomic mass is 16.7. The molecule has 60 valence electrons. The first kappa shape index (κ1) is 9.28. The van der Waals surface area contributed by atoms with Crippen LogP contribution in [0.1, 0.15) is 6.42 Å². The van der Waals surface area contributed by atoms with Crippen LogP contribution in [-0.2, 0) is 0 Å². The Balaban J connectivity index is 3.69. The fourth-order valence-electron chi connectivity index (χ4n) is 0.422. The highest BCUT2D eigenvalue weighted by Crippen LogP contribution is 1.97. The lowest BCUT2D eigenvalue weighted by atomic mass is 10.2. The molecule has 0 aromatic carbocycles. The van der Waals surface area contributed by atoms with E-state index in [9.17, 15) is 10.1 Å². The third kappa shape index (κ3) is 2.72. The molecule has 0 aliphatic rings. The summed E-state index contributed by atoms with van der Waals surface area (Å²) in [7, 11) is 0. The number of nitro groups is 1. The minimum Gasteiger partial charge on any atom is -0.396 e. The summed E-state index contributed by atoms with van der Waals surface area (Å²) in [6.07, 6.45) is -3.67. The molecular weight excluding hydrogens is 142 g/mol. The predicted molar refractivity (Wildman–Crippen MR) is 30.7 cm³/mol. The molecule has 0 spiro atoms. The van der Waals surface area contributed by atoms with Crippen LogP contribution in [0.2, 0.25) is 0 Å². The normalized spacial score (nSPS) is 16.3. The Morgan fingerprint density at radius 2 is 2.00 bits per heavy atom. The van der Waals surface area contributed by atoms with E-state index in [1.165, 1.54) is 0 Å². The van der Waals surface area contributed by atoms with Gasteiger partial charge < -0.3 is 15.3 Å². The Bertz CT molecular complexity index is 116. The van der Waals surface area contributed by atoms with Crippen LogP contribution in [0.4, 0.5) is 0 Å². The second kappa shape index (κ2) is 4.15. The van der Waals surface area contributed by atoms with Crippen molar-refractivity contribution in [2.24, 2.45) is 0 Å². The molecule has 0 aromatic rings. The van der Waals surface area contributed by atoms with Crippen LogP contribution in [-0.4, -0.2) is 39.2 Å². The zero-order valence-electron chi connectivity index (χ0n) is 5.17. The van der Waals surface area contributed by atoms with Crippen molar-refractivity contribution in [3.05, 3.63) is 10.1 Å². The molecule has 2 unspecified atom stereocenters. The third-order valence-electron chi connectivity index (χ3n) is 0.985. The molecule has 0 aromatic heterocycles. The van der Waals surface area contributed by atoms with Crippen molar-refractivity contribution in [1.29, 1.82) is 0 Å². The summed E-state index contributed by atoms with van der Waals surface area (Å²) in [5.74, 6) is 0. The van der Waals surface area contributed by atoms with Crippen molar-refractivity contribution in [1.82, 2.24) is 0 Å². The molecular formula is C4H9NO5. The van der Waals surface area contributed by atoms with E-state index in [1.807, 2.05) is 0 Å². The van der Waals surface area contributed by atoms with Gasteiger partial charge in [-0.3, -0.25) is 10.1 Å². The second-order valence-corrected chi connectivity index (χ2v) is 1.78. The predicted octanol–water partition coefficient (Wildman–Crippen LogP) is -1.68. The average Bonchev–Trinajstić information content (AvgIpc) is 1.87. The van der Waals surface area contributed by atoms with Crippen LogP contribution in [0.25, 0.3) is 0 Å². The molecule has 0 amide bonds. The van der Waals surface area contributed by atoms with Gasteiger partial charge in [0.05, 0.1) is 4.92 Å². The first-order valence-corrected chi connectivity index (χ1v) is 2.70. The van der Waals surface area contributed by atoms with Gasteiger partial charge in [0, 0.05) is 13.0 Å². The molecule has 0 fully saturated rings. The molecule has 0 radical (unpaired) electrons. The van der Waals surface area contributed by atoms with E-state index in [-0.39, 0.29) is 13.0 Å². The SMILES string of the molecule is O=[N+]([O-])C(O)C(O)CCO. The number of aliphatic hydroxyl groups excluding tert-OH is 3. The highest BCUT2D eigenvalue weighted by molar-refractivity contribution is 4.55. The molecule has 0 aliphatic heterocycles. The van der Waals surface area contributed by atoms with Crippen LogP contribution in [0, 0.1) is 10.1 Å². The molecule has 6 heteroatoms. The van der Waals surface area contributed by atoms with E-state index in [2.05, 4.69) is 0 Å². The molecule has 0 aliphatic carbocycles. The van der Waals surface area contributed by atoms with Gasteiger partial charge in [-0.05, 0) is 0 Å². The van der Waals surface area contributed by atoms with Gasteiger partial charge >= 0.3 is 6.23 Å². The Labute approximate surface area is 56.9 Å². The van der Waals surface area contributed by atoms with Crippen molar-refractivity contribution >= 4 is 0 Å². The molecule has 0 heterocycles. The maximum atomic E-state index is 9.73. The molecule has 0 bridgehead atoms. The van der Waals surface area contributed by atoms with E-state index < -0.39 is 17.3 Å². The molecule has 2 atom stereocenters. The Hall–Kier alpha value is -0.720. The quantitative estimate of drug-likeness (QED) is 0.253. The van der Waals surface area contributed by atoms with Gasteiger partial charge in [0.1, 0.15) is 0 Å². The molecule has 10 heavy (non-hydrogen) atoms. The highest BCUT2D eigenvalue weighted by Gasteiger charge is 2.25. The monoisotopic (exact) mass is 151 g/mol. The molecule has 3 N–H and O–H groups in total. The maximum Gasteiger partial charge on any atom is 0.339 e. The van der Waals surface area contributed by atoms with E-state index in [1.54, 1.807) is 0 Å². The van der Waals surface area contributed by atoms with Crippen LogP contribution in [0.5, 0.6) is 0 Å². The number of hydrogen-bond acceptors (Lipinski definition) is 5. The van der Waals surface area contributed by atoms with Gasteiger partial charge in [-0.1, -0.05) is 0 Å². The molecule has 0 saturated heterocycles. The Morgan fingerprint density at radius 3 is 2.30 bits per heavy atom. The van der Waals surface area contributed by atoms with Gasteiger partial charge in [0.2, 0.25) is 0 Å². The summed E-state index contributed by atoms with van der Waals surface area (Å²) >= 11 is 0. The van der Waals surface area contributed by atoms with Crippen molar-refractivity contribution in [2.75, 3.05) is 6.61 Å². The van der Waals surface area contributed by atoms with E-state index in [0.717, 1.165) is 0 Å². The van der Waals surface area contributed by atoms with E-state index in [4.69, 9.17) is 15.3 Å². The number of rotatable bonds is 4. The van der Waals surface area contributed by atoms with Crippen molar-refractivity contribution in [3.8, 4) is 0 Å². The minimum absolute atomic E-state index is 0.192. The van der Waals surface area contributed by atoms with Gasteiger partial charge in [-0.15, -0.1) is 0 Å². The third-order valence-corrected chi connectivity index (χ3v) is 0.985. The largest absolute Gasteiger partial charge is 0.396 e.